The Labute approximate surface area is 101 Å². The van der Waals surface area contributed by atoms with Crippen molar-refractivity contribution in [1.29, 1.82) is 0 Å². The van der Waals surface area contributed by atoms with Crippen molar-refractivity contribution in [3.05, 3.63) is 0 Å². The lowest BCUT2D eigenvalue weighted by Gasteiger charge is -2.19. The summed E-state index contributed by atoms with van der Waals surface area (Å²) in [6.07, 6.45) is 1.97. The summed E-state index contributed by atoms with van der Waals surface area (Å²) in [7, 11) is -3.40. The highest BCUT2D eigenvalue weighted by Crippen LogP contribution is 2.26. The third-order valence-electron chi connectivity index (χ3n) is 2.47. The van der Waals surface area contributed by atoms with Gasteiger partial charge in [-0.25, -0.2) is 8.42 Å². The maximum atomic E-state index is 11.7. The molecule has 0 aliphatic heterocycles. The van der Waals surface area contributed by atoms with E-state index in [1.165, 1.54) is 0 Å². The molecule has 0 heterocycles. The van der Waals surface area contributed by atoms with Gasteiger partial charge in [-0.1, -0.05) is 6.92 Å². The summed E-state index contributed by atoms with van der Waals surface area (Å²) in [4.78, 5) is 23.5. The summed E-state index contributed by atoms with van der Waals surface area (Å²) in [6.45, 7) is 1.31. The molecule has 0 aromatic heterocycles. The second kappa shape index (κ2) is 5.48. The van der Waals surface area contributed by atoms with E-state index < -0.39 is 34.0 Å². The van der Waals surface area contributed by atoms with Gasteiger partial charge in [0.1, 0.15) is 12.3 Å². The van der Waals surface area contributed by atoms with Gasteiger partial charge in [0.2, 0.25) is 5.91 Å². The summed E-state index contributed by atoms with van der Waals surface area (Å²) < 4.78 is 23.0. The molecule has 0 atom stereocenters. The first-order valence-corrected chi connectivity index (χ1v) is 7.39. The van der Waals surface area contributed by atoms with E-state index >= 15 is 0 Å². The highest BCUT2D eigenvalue weighted by atomic mass is 32.2. The number of carbonyl (C=O) groups excluding carboxylic acids is 1. The zero-order valence-corrected chi connectivity index (χ0v) is 10.6. The molecular weight excluding hydrogens is 246 g/mol. The van der Waals surface area contributed by atoms with E-state index in [-0.39, 0.29) is 11.8 Å². The van der Waals surface area contributed by atoms with E-state index in [1.807, 2.05) is 0 Å². The maximum absolute atomic E-state index is 11.7. The molecule has 1 saturated carbocycles. The van der Waals surface area contributed by atoms with Crippen molar-refractivity contribution in [2.24, 2.45) is 0 Å². The first kappa shape index (κ1) is 14.0. The largest absolute Gasteiger partial charge is 0.480 e. The zero-order chi connectivity index (χ0) is 13.1. The monoisotopic (exact) mass is 263 g/mol. The van der Waals surface area contributed by atoms with E-state index in [0.717, 1.165) is 17.7 Å². The lowest BCUT2D eigenvalue weighted by atomic mass is 10.4. The number of carboxylic acid groups (broad SMARTS) is 1. The Morgan fingerprint density at radius 1 is 1.35 bits per heavy atom. The fourth-order valence-electron chi connectivity index (χ4n) is 1.61. The van der Waals surface area contributed by atoms with E-state index in [4.69, 9.17) is 5.11 Å². The van der Waals surface area contributed by atoms with Gasteiger partial charge >= 0.3 is 5.97 Å². The van der Waals surface area contributed by atoms with Crippen molar-refractivity contribution in [3.63, 3.8) is 0 Å². The summed E-state index contributed by atoms with van der Waals surface area (Å²) in [5, 5.41) is 8.67. The molecule has 0 unspecified atom stereocenters. The van der Waals surface area contributed by atoms with Crippen LogP contribution in [0.5, 0.6) is 0 Å². The predicted octanol–water partition coefficient (Wildman–Crippen LogP) is -0.113. The van der Waals surface area contributed by atoms with Crippen molar-refractivity contribution >= 4 is 21.7 Å². The number of sulfone groups is 1. The molecule has 0 radical (unpaired) electrons. The third-order valence-corrected chi connectivity index (χ3v) is 4.19. The Bertz CT molecular complexity index is 399. The molecule has 17 heavy (non-hydrogen) atoms. The second-order valence-electron chi connectivity index (χ2n) is 4.24. The van der Waals surface area contributed by atoms with Crippen LogP contribution in [0.1, 0.15) is 26.2 Å². The molecule has 0 spiro atoms. The van der Waals surface area contributed by atoms with Crippen LogP contribution in [-0.4, -0.2) is 54.4 Å². The number of amides is 1. The number of aliphatic carboxylic acids is 1. The van der Waals surface area contributed by atoms with Crippen LogP contribution in [-0.2, 0) is 19.4 Å². The van der Waals surface area contributed by atoms with Gasteiger partial charge in [0.25, 0.3) is 0 Å². The van der Waals surface area contributed by atoms with Crippen LogP contribution in [0.15, 0.2) is 0 Å². The molecule has 0 aromatic rings. The summed E-state index contributed by atoms with van der Waals surface area (Å²) in [5.74, 6) is -2.32. The fraction of sp³-hybridized carbons (Fsp3) is 0.800. The summed E-state index contributed by atoms with van der Waals surface area (Å²) >= 11 is 0. The quantitative estimate of drug-likeness (QED) is 0.691. The third kappa shape index (κ3) is 4.72. The van der Waals surface area contributed by atoms with Gasteiger partial charge in [0, 0.05) is 6.04 Å². The molecule has 6 nitrogen and oxygen atoms in total. The van der Waals surface area contributed by atoms with Crippen LogP contribution in [0.3, 0.4) is 0 Å². The van der Waals surface area contributed by atoms with Crippen LogP contribution in [0.4, 0.5) is 0 Å². The Morgan fingerprint density at radius 2 is 1.94 bits per heavy atom. The molecule has 98 valence electrons. The fourth-order valence-corrected chi connectivity index (χ4v) is 2.92. The van der Waals surface area contributed by atoms with Crippen molar-refractivity contribution in [3.8, 4) is 0 Å². The number of carboxylic acids is 1. The van der Waals surface area contributed by atoms with Crippen molar-refractivity contribution in [1.82, 2.24) is 4.90 Å². The van der Waals surface area contributed by atoms with E-state index in [0.29, 0.717) is 6.42 Å². The van der Waals surface area contributed by atoms with Crippen LogP contribution >= 0.6 is 0 Å². The smallest absolute Gasteiger partial charge is 0.323 e. The van der Waals surface area contributed by atoms with Gasteiger partial charge in [-0.2, -0.15) is 0 Å². The normalized spacial score (nSPS) is 15.6. The first-order valence-electron chi connectivity index (χ1n) is 5.57. The molecule has 7 heteroatoms. The highest BCUT2D eigenvalue weighted by molar-refractivity contribution is 7.92. The Morgan fingerprint density at radius 3 is 2.35 bits per heavy atom. The van der Waals surface area contributed by atoms with Crippen molar-refractivity contribution in [2.75, 3.05) is 18.1 Å². The first-order chi connectivity index (χ1) is 7.85. The molecule has 1 N–H and O–H groups in total. The lowest BCUT2D eigenvalue weighted by Crippen LogP contribution is -2.41. The van der Waals surface area contributed by atoms with Gasteiger partial charge in [0.15, 0.2) is 9.84 Å². The Kier molecular flexibility index (Phi) is 4.50. The highest BCUT2D eigenvalue weighted by Gasteiger charge is 2.35. The maximum Gasteiger partial charge on any atom is 0.323 e. The van der Waals surface area contributed by atoms with Gasteiger partial charge in [-0.3, -0.25) is 9.59 Å². The van der Waals surface area contributed by atoms with E-state index in [1.54, 1.807) is 6.92 Å². The van der Waals surface area contributed by atoms with Crippen LogP contribution in [0.25, 0.3) is 0 Å². The minimum Gasteiger partial charge on any atom is -0.480 e. The van der Waals surface area contributed by atoms with Gasteiger partial charge in [0.05, 0.1) is 5.75 Å². The lowest BCUT2D eigenvalue weighted by molar-refractivity contribution is -0.143. The van der Waals surface area contributed by atoms with E-state index in [2.05, 4.69) is 0 Å². The number of nitrogens with zero attached hydrogens (tertiary/aromatic N) is 1. The summed E-state index contributed by atoms with van der Waals surface area (Å²) in [6, 6.07) is -0.0876. The average molecular weight is 263 g/mol. The van der Waals surface area contributed by atoms with Crippen LogP contribution < -0.4 is 0 Å². The second-order valence-corrected chi connectivity index (χ2v) is 6.42. The molecular formula is C10H17NO5S. The number of carbonyl (C=O) groups is 2. The number of hydrogen-bond donors (Lipinski definition) is 1. The molecule has 1 aliphatic carbocycles. The van der Waals surface area contributed by atoms with Crippen LogP contribution in [0, 0.1) is 0 Å². The molecule has 1 aliphatic rings. The van der Waals surface area contributed by atoms with Crippen LogP contribution in [0.2, 0.25) is 0 Å². The van der Waals surface area contributed by atoms with Gasteiger partial charge in [-0.05, 0) is 19.3 Å². The Balaban J connectivity index is 2.62. The van der Waals surface area contributed by atoms with E-state index in [9.17, 15) is 18.0 Å². The molecule has 0 bridgehead atoms. The van der Waals surface area contributed by atoms with Gasteiger partial charge < -0.3 is 10.0 Å². The standard InChI is InChI=1S/C10H17NO5S/c1-2-5-17(15,16)7-9(12)11(6-10(13)14)8-3-4-8/h8H,2-7H2,1H3,(H,13,14). The minimum absolute atomic E-state index is 0.0374. The molecule has 1 rings (SSSR count). The zero-order valence-electron chi connectivity index (χ0n) is 9.76. The average Bonchev–Trinajstić information content (AvgIpc) is 2.95. The number of hydrogen-bond acceptors (Lipinski definition) is 4. The van der Waals surface area contributed by atoms with Crippen molar-refractivity contribution in [2.45, 2.75) is 32.2 Å². The van der Waals surface area contributed by atoms with Crippen molar-refractivity contribution < 1.29 is 23.1 Å². The topological polar surface area (TPSA) is 91.8 Å². The SMILES string of the molecule is CCCS(=O)(=O)CC(=O)N(CC(=O)O)C1CC1. The Hall–Kier alpha value is -1.11. The molecule has 0 aromatic carbocycles. The number of rotatable bonds is 7. The molecule has 1 fully saturated rings. The minimum atomic E-state index is -3.40. The summed E-state index contributed by atoms with van der Waals surface area (Å²) in [5.41, 5.74) is 0. The molecule has 1 amide bonds. The molecule has 0 saturated heterocycles. The van der Waals surface area contributed by atoms with Gasteiger partial charge in [-0.15, -0.1) is 0 Å². The predicted molar refractivity (Wildman–Crippen MR) is 61.3 cm³/mol.